The minimum Gasteiger partial charge on any atom is -0.497 e. The molecule has 2 N–H and O–H groups in total. The largest absolute Gasteiger partial charge is 0.497 e. The second kappa shape index (κ2) is 12.1. The molecule has 0 aromatic heterocycles. The lowest BCUT2D eigenvalue weighted by Gasteiger charge is -2.27. The fourth-order valence-corrected chi connectivity index (χ4v) is 4.15. The van der Waals surface area contributed by atoms with Gasteiger partial charge < -0.3 is 29.4 Å². The fourth-order valence-electron chi connectivity index (χ4n) is 4.15. The Balaban J connectivity index is 1.65. The van der Waals surface area contributed by atoms with Gasteiger partial charge in [-0.2, -0.15) is 5.26 Å². The van der Waals surface area contributed by atoms with Crippen LogP contribution in [0.15, 0.2) is 72.1 Å². The van der Waals surface area contributed by atoms with Crippen LogP contribution < -0.4 is 29.4 Å². The maximum atomic E-state index is 12.6. The molecule has 4 rings (SSSR count). The monoisotopic (exact) mass is 514 g/mol. The number of carbonyl (C=O) groups excluding carboxylic acids is 1. The molecule has 3 aromatic carbocycles. The van der Waals surface area contributed by atoms with Crippen molar-refractivity contribution in [3.63, 3.8) is 0 Å². The second-order valence-corrected chi connectivity index (χ2v) is 8.58. The third-order valence-electron chi connectivity index (χ3n) is 6.08. The summed E-state index contributed by atoms with van der Waals surface area (Å²) in [6, 6.07) is 19.4. The summed E-state index contributed by atoms with van der Waals surface area (Å²) < 4.78 is 28.2. The molecule has 8 nitrogen and oxygen atoms in total. The van der Waals surface area contributed by atoms with Crippen molar-refractivity contribution in [1.82, 2.24) is 0 Å². The predicted molar refractivity (Wildman–Crippen MR) is 142 cm³/mol. The number of esters is 1. The standard InChI is InChI=1S/C30H30N2O6/c1-4-6-15-36-25-14-9-20(16-27(25)35-5-2)28-23-13-12-22(17-26(23)38-29(32)24(28)18-31)37-30(33)19-7-10-21(34-3)11-8-19/h7-14,16-17,28H,4-6,15,32H2,1-3H3. The van der Waals surface area contributed by atoms with Crippen molar-refractivity contribution >= 4 is 5.97 Å². The molecule has 0 spiro atoms. The number of carbonyl (C=O) groups is 1. The molecule has 1 aliphatic rings. The minimum atomic E-state index is -0.527. The molecule has 38 heavy (non-hydrogen) atoms. The van der Waals surface area contributed by atoms with Crippen LogP contribution in [-0.2, 0) is 0 Å². The molecule has 0 amide bonds. The van der Waals surface area contributed by atoms with Crippen LogP contribution in [0.5, 0.6) is 28.7 Å². The number of allylic oxidation sites excluding steroid dienone is 1. The third kappa shape index (κ3) is 5.68. The maximum Gasteiger partial charge on any atom is 0.343 e. The Labute approximate surface area is 222 Å². The molecule has 1 unspecified atom stereocenters. The van der Waals surface area contributed by atoms with Gasteiger partial charge in [0.05, 0.1) is 31.8 Å². The van der Waals surface area contributed by atoms with Gasteiger partial charge >= 0.3 is 5.97 Å². The second-order valence-electron chi connectivity index (χ2n) is 8.58. The number of benzene rings is 3. The van der Waals surface area contributed by atoms with E-state index in [0.717, 1.165) is 18.4 Å². The van der Waals surface area contributed by atoms with Gasteiger partial charge in [0, 0.05) is 11.6 Å². The van der Waals surface area contributed by atoms with E-state index in [9.17, 15) is 10.1 Å². The molecule has 3 aromatic rings. The minimum absolute atomic E-state index is 0.00939. The van der Waals surface area contributed by atoms with Crippen molar-refractivity contribution in [1.29, 1.82) is 5.26 Å². The van der Waals surface area contributed by atoms with Gasteiger partial charge in [-0.15, -0.1) is 0 Å². The summed E-state index contributed by atoms with van der Waals surface area (Å²) in [5, 5.41) is 9.92. The zero-order chi connectivity index (χ0) is 27.1. The first kappa shape index (κ1) is 26.4. The Morgan fingerprint density at radius 2 is 1.76 bits per heavy atom. The molecule has 0 saturated heterocycles. The van der Waals surface area contributed by atoms with E-state index >= 15 is 0 Å². The van der Waals surface area contributed by atoms with E-state index in [-0.39, 0.29) is 17.2 Å². The zero-order valence-corrected chi connectivity index (χ0v) is 21.7. The normalized spacial score (nSPS) is 14.1. The van der Waals surface area contributed by atoms with Crippen LogP contribution in [0.1, 0.15) is 54.1 Å². The summed E-state index contributed by atoms with van der Waals surface area (Å²) in [6.45, 7) is 5.05. The van der Waals surface area contributed by atoms with Gasteiger partial charge in [0.15, 0.2) is 11.5 Å². The smallest absolute Gasteiger partial charge is 0.343 e. The van der Waals surface area contributed by atoms with Crippen LogP contribution in [0.3, 0.4) is 0 Å². The average Bonchev–Trinajstić information content (AvgIpc) is 2.93. The van der Waals surface area contributed by atoms with Gasteiger partial charge in [0.25, 0.3) is 0 Å². The summed E-state index contributed by atoms with van der Waals surface area (Å²) in [5.41, 5.74) is 8.33. The molecule has 8 heteroatoms. The lowest BCUT2D eigenvalue weighted by atomic mass is 9.83. The zero-order valence-electron chi connectivity index (χ0n) is 21.7. The predicted octanol–water partition coefficient (Wildman–Crippen LogP) is 5.71. The van der Waals surface area contributed by atoms with E-state index < -0.39 is 11.9 Å². The van der Waals surface area contributed by atoms with Gasteiger partial charge in [0.2, 0.25) is 5.88 Å². The number of hydrogen-bond acceptors (Lipinski definition) is 8. The molecule has 1 atom stereocenters. The number of nitrogens with zero attached hydrogens (tertiary/aromatic N) is 1. The molecular weight excluding hydrogens is 484 g/mol. The van der Waals surface area contributed by atoms with Crippen molar-refractivity contribution in [2.24, 2.45) is 5.73 Å². The Hall–Kier alpha value is -4.64. The summed E-state index contributed by atoms with van der Waals surface area (Å²) >= 11 is 0. The highest BCUT2D eigenvalue weighted by Gasteiger charge is 2.32. The van der Waals surface area contributed by atoms with E-state index in [1.54, 1.807) is 49.6 Å². The third-order valence-corrected chi connectivity index (χ3v) is 6.08. The van der Waals surface area contributed by atoms with Gasteiger partial charge in [-0.25, -0.2) is 4.79 Å². The number of hydrogen-bond donors (Lipinski definition) is 1. The molecular formula is C30H30N2O6. The van der Waals surface area contributed by atoms with E-state index in [2.05, 4.69) is 13.0 Å². The molecule has 1 aliphatic heterocycles. The lowest BCUT2D eigenvalue weighted by Crippen LogP contribution is -2.21. The molecule has 1 heterocycles. The fraction of sp³-hybridized carbons (Fsp3) is 0.267. The highest BCUT2D eigenvalue weighted by atomic mass is 16.5. The molecule has 196 valence electrons. The van der Waals surface area contributed by atoms with Crippen molar-refractivity contribution in [2.75, 3.05) is 20.3 Å². The molecule has 0 fully saturated rings. The number of rotatable bonds is 10. The topological polar surface area (TPSA) is 113 Å². The molecule has 0 aliphatic carbocycles. The Morgan fingerprint density at radius 1 is 1.00 bits per heavy atom. The summed E-state index contributed by atoms with van der Waals surface area (Å²) in [7, 11) is 1.55. The molecule has 0 saturated carbocycles. The van der Waals surface area contributed by atoms with Crippen LogP contribution in [0.2, 0.25) is 0 Å². The summed E-state index contributed by atoms with van der Waals surface area (Å²) in [4.78, 5) is 12.6. The van der Waals surface area contributed by atoms with Crippen molar-refractivity contribution < 1.29 is 28.5 Å². The average molecular weight is 515 g/mol. The SMILES string of the molecule is CCCCOc1ccc(C2C(C#N)=C(N)Oc3cc(OC(=O)c4ccc(OC)cc4)ccc32)cc1OCC. The van der Waals surface area contributed by atoms with E-state index in [4.69, 9.17) is 29.4 Å². The number of methoxy groups -OCH3 is 1. The van der Waals surface area contributed by atoms with E-state index in [1.807, 2.05) is 25.1 Å². The number of fused-ring (bicyclic) bond motifs is 1. The highest BCUT2D eigenvalue weighted by Crippen LogP contribution is 2.45. The Morgan fingerprint density at radius 3 is 2.45 bits per heavy atom. The van der Waals surface area contributed by atoms with E-state index in [0.29, 0.717) is 47.3 Å². The number of nitrogens with two attached hydrogens (primary N) is 1. The van der Waals surface area contributed by atoms with Gasteiger partial charge in [-0.3, -0.25) is 0 Å². The van der Waals surface area contributed by atoms with Crippen molar-refractivity contribution in [3.8, 4) is 34.8 Å². The van der Waals surface area contributed by atoms with Gasteiger partial charge in [0.1, 0.15) is 28.9 Å². The first-order valence-corrected chi connectivity index (χ1v) is 12.5. The Kier molecular flexibility index (Phi) is 8.39. The first-order chi connectivity index (χ1) is 18.5. The van der Waals surface area contributed by atoms with Crippen LogP contribution in [0.25, 0.3) is 0 Å². The number of nitriles is 1. The summed E-state index contributed by atoms with van der Waals surface area (Å²) in [6.07, 6.45) is 1.96. The maximum absolute atomic E-state index is 12.6. The highest BCUT2D eigenvalue weighted by molar-refractivity contribution is 5.91. The lowest BCUT2D eigenvalue weighted by molar-refractivity contribution is 0.0734. The van der Waals surface area contributed by atoms with Gasteiger partial charge in [-0.1, -0.05) is 25.5 Å². The van der Waals surface area contributed by atoms with Crippen LogP contribution in [0, 0.1) is 11.3 Å². The summed E-state index contributed by atoms with van der Waals surface area (Å²) in [5.74, 6) is 1.52. The molecule has 0 radical (unpaired) electrons. The molecule has 0 bridgehead atoms. The Bertz CT molecular complexity index is 1370. The van der Waals surface area contributed by atoms with Gasteiger partial charge in [-0.05, 0) is 61.4 Å². The number of ether oxygens (including phenoxy) is 5. The first-order valence-electron chi connectivity index (χ1n) is 12.5. The number of unbranched alkanes of at least 4 members (excludes halogenated alkanes) is 1. The van der Waals surface area contributed by atoms with Crippen LogP contribution in [0.4, 0.5) is 0 Å². The van der Waals surface area contributed by atoms with Crippen LogP contribution >= 0.6 is 0 Å². The quantitative estimate of drug-likeness (QED) is 0.208. The van der Waals surface area contributed by atoms with Crippen molar-refractivity contribution in [3.05, 3.63) is 88.8 Å². The van der Waals surface area contributed by atoms with Crippen LogP contribution in [-0.4, -0.2) is 26.3 Å². The van der Waals surface area contributed by atoms with E-state index in [1.165, 1.54) is 0 Å². The van der Waals surface area contributed by atoms with Crippen molar-refractivity contribution in [2.45, 2.75) is 32.6 Å².